The van der Waals surface area contributed by atoms with E-state index in [1.807, 2.05) is 0 Å². The van der Waals surface area contributed by atoms with Gasteiger partial charge in [0.2, 0.25) is 0 Å². The Labute approximate surface area is 253 Å². The first-order valence-corrected chi connectivity index (χ1v) is 17.3. The Morgan fingerprint density at radius 1 is 0.634 bits per heavy atom. The normalized spacial score (nSPS) is 13.7. The van der Waals surface area contributed by atoms with Gasteiger partial charge < -0.3 is 4.57 Å². The van der Waals surface area contributed by atoms with Gasteiger partial charge in [-0.15, -0.1) is 0 Å². The predicted octanol–water partition coefficient (Wildman–Crippen LogP) is 11.8. The molecule has 0 bridgehead atoms. The first-order chi connectivity index (χ1) is 20.2. The highest BCUT2D eigenvalue weighted by Gasteiger charge is 2.39. The molecular formula is C39H60N2. The predicted molar refractivity (Wildman–Crippen MR) is 179 cm³/mol. The lowest BCUT2D eigenvalue weighted by molar-refractivity contribution is 0.321. The van der Waals surface area contributed by atoms with Gasteiger partial charge in [0.05, 0.1) is 0 Å². The van der Waals surface area contributed by atoms with Crippen molar-refractivity contribution in [2.75, 3.05) is 0 Å². The zero-order chi connectivity index (χ0) is 29.0. The molecule has 0 amide bonds. The molecular weight excluding hydrogens is 496 g/mol. The van der Waals surface area contributed by atoms with Crippen LogP contribution in [0.2, 0.25) is 0 Å². The third kappa shape index (κ3) is 11.4. The first kappa shape index (κ1) is 33.2. The lowest BCUT2D eigenvalue weighted by atomic mass is 9.66. The molecule has 0 saturated heterocycles. The number of aryl methyl sites for hydroxylation is 1. The lowest BCUT2D eigenvalue weighted by Crippen LogP contribution is -2.35. The van der Waals surface area contributed by atoms with E-state index in [0.29, 0.717) is 5.92 Å². The number of benzene rings is 2. The van der Waals surface area contributed by atoms with Crippen molar-refractivity contribution in [1.29, 1.82) is 0 Å². The van der Waals surface area contributed by atoms with Crippen molar-refractivity contribution in [3.8, 4) is 0 Å². The van der Waals surface area contributed by atoms with Gasteiger partial charge in [0.15, 0.2) is 0 Å². The summed E-state index contributed by atoms with van der Waals surface area (Å²) in [6, 6.07) is 22.4. The molecule has 2 unspecified atom stereocenters. The van der Waals surface area contributed by atoms with Gasteiger partial charge >= 0.3 is 0 Å². The quantitative estimate of drug-likeness (QED) is 0.106. The number of hydrogen-bond donors (Lipinski definition) is 0. The van der Waals surface area contributed by atoms with Crippen LogP contribution < -0.4 is 0 Å². The molecule has 0 spiro atoms. The third-order valence-electron chi connectivity index (χ3n) is 9.27. The minimum Gasteiger partial charge on any atom is -0.335 e. The first-order valence-electron chi connectivity index (χ1n) is 17.3. The minimum absolute atomic E-state index is 0.0218. The molecule has 2 aromatic carbocycles. The summed E-state index contributed by atoms with van der Waals surface area (Å²) >= 11 is 0. The van der Waals surface area contributed by atoms with E-state index in [1.54, 1.807) is 0 Å². The van der Waals surface area contributed by atoms with Gasteiger partial charge in [-0.1, -0.05) is 178 Å². The second kappa shape index (κ2) is 19.7. The van der Waals surface area contributed by atoms with E-state index in [0.717, 1.165) is 13.0 Å². The summed E-state index contributed by atoms with van der Waals surface area (Å²) in [7, 11) is 0. The van der Waals surface area contributed by atoms with E-state index in [9.17, 15) is 0 Å². The molecule has 0 radical (unpaired) electrons. The number of imidazole rings is 1. The van der Waals surface area contributed by atoms with Gasteiger partial charge in [-0.05, 0) is 30.4 Å². The maximum Gasteiger partial charge on any atom is 0.112 e. The van der Waals surface area contributed by atoms with Gasteiger partial charge in [0.25, 0.3) is 0 Å². The smallest absolute Gasteiger partial charge is 0.112 e. The van der Waals surface area contributed by atoms with E-state index in [1.165, 1.54) is 126 Å². The highest BCUT2D eigenvalue weighted by Crippen LogP contribution is 2.44. The van der Waals surface area contributed by atoms with Crippen LogP contribution in [0, 0.1) is 0 Å². The maximum absolute atomic E-state index is 5.11. The largest absolute Gasteiger partial charge is 0.335 e. The molecule has 3 aromatic rings. The van der Waals surface area contributed by atoms with Crippen LogP contribution in [0.25, 0.3) is 0 Å². The molecule has 3 rings (SSSR count). The van der Waals surface area contributed by atoms with E-state index in [4.69, 9.17) is 4.98 Å². The Kier molecular flexibility index (Phi) is 15.9. The van der Waals surface area contributed by atoms with Crippen molar-refractivity contribution in [2.24, 2.45) is 0 Å². The fourth-order valence-electron chi connectivity index (χ4n) is 6.72. The maximum atomic E-state index is 5.11. The van der Waals surface area contributed by atoms with Crippen molar-refractivity contribution in [3.63, 3.8) is 0 Å². The second-order valence-electron chi connectivity index (χ2n) is 12.7. The topological polar surface area (TPSA) is 17.8 Å². The zero-order valence-corrected chi connectivity index (χ0v) is 26.8. The molecule has 1 heterocycles. The average molecular weight is 557 g/mol. The lowest BCUT2D eigenvalue weighted by Gasteiger charge is -2.39. The van der Waals surface area contributed by atoms with Crippen molar-refractivity contribution < 1.29 is 0 Å². The molecule has 0 N–H and O–H groups in total. The van der Waals surface area contributed by atoms with E-state index < -0.39 is 0 Å². The highest BCUT2D eigenvalue weighted by molar-refractivity contribution is 5.33. The van der Waals surface area contributed by atoms with E-state index in [2.05, 4.69) is 98.4 Å². The summed E-state index contributed by atoms with van der Waals surface area (Å²) < 4.78 is 2.51. The molecule has 0 aliphatic heterocycles. The number of hydrogen-bond acceptors (Lipinski definition) is 1. The van der Waals surface area contributed by atoms with Crippen LogP contribution in [0.15, 0.2) is 73.1 Å². The number of unbranched alkanes of at least 4 members (excludes halogenated alkanes) is 14. The van der Waals surface area contributed by atoms with Gasteiger partial charge in [0.1, 0.15) is 5.82 Å². The van der Waals surface area contributed by atoms with Crippen LogP contribution in [-0.4, -0.2) is 9.55 Å². The van der Waals surface area contributed by atoms with Gasteiger partial charge in [0, 0.05) is 30.3 Å². The Bertz CT molecular complexity index is 1020. The van der Waals surface area contributed by atoms with Gasteiger partial charge in [-0.25, -0.2) is 4.98 Å². The van der Waals surface area contributed by atoms with Gasteiger partial charge in [-0.2, -0.15) is 0 Å². The molecule has 226 valence electrons. The molecule has 0 fully saturated rings. The monoisotopic (exact) mass is 556 g/mol. The van der Waals surface area contributed by atoms with Crippen molar-refractivity contribution in [2.45, 2.75) is 154 Å². The van der Waals surface area contributed by atoms with Crippen LogP contribution in [0.5, 0.6) is 0 Å². The SMILES string of the molecule is CCCCCCCCCCCC(c1nccn1CCCCCCCCC)C(C)(Cc1ccccc1)c1ccccc1. The second-order valence-corrected chi connectivity index (χ2v) is 12.7. The summed E-state index contributed by atoms with van der Waals surface area (Å²) in [6.45, 7) is 8.21. The van der Waals surface area contributed by atoms with Crippen molar-refractivity contribution in [3.05, 3.63) is 90.0 Å². The van der Waals surface area contributed by atoms with Crippen LogP contribution in [0.3, 0.4) is 0 Å². The van der Waals surface area contributed by atoms with Crippen LogP contribution >= 0.6 is 0 Å². The summed E-state index contributed by atoms with van der Waals surface area (Å²) in [6.07, 6.45) is 28.3. The molecule has 0 saturated carbocycles. The van der Waals surface area contributed by atoms with Crippen molar-refractivity contribution >= 4 is 0 Å². The van der Waals surface area contributed by atoms with Crippen LogP contribution in [-0.2, 0) is 18.4 Å². The molecule has 0 aliphatic carbocycles. The average Bonchev–Trinajstić information content (AvgIpc) is 3.46. The summed E-state index contributed by atoms with van der Waals surface area (Å²) in [5, 5.41) is 0. The summed E-state index contributed by atoms with van der Waals surface area (Å²) in [5.74, 6) is 1.69. The standard InChI is InChI=1S/C39H60N2/c1-4-6-8-10-12-13-14-16-24-30-37(38-40-31-33-41(38)32-25-17-15-11-9-7-5-2)39(3,36-28-22-19-23-29-36)34-35-26-20-18-21-27-35/h18-23,26-29,31,33,37H,4-17,24-25,30,32,34H2,1-3H3. The van der Waals surface area contributed by atoms with Gasteiger partial charge in [-0.3, -0.25) is 0 Å². The van der Waals surface area contributed by atoms with Crippen LogP contribution in [0.4, 0.5) is 0 Å². The molecule has 2 atom stereocenters. The molecule has 1 aromatic heterocycles. The van der Waals surface area contributed by atoms with Crippen molar-refractivity contribution in [1.82, 2.24) is 9.55 Å². The number of aromatic nitrogens is 2. The summed E-state index contributed by atoms with van der Waals surface area (Å²) in [4.78, 5) is 5.11. The molecule has 41 heavy (non-hydrogen) atoms. The Morgan fingerprint density at radius 3 is 1.73 bits per heavy atom. The third-order valence-corrected chi connectivity index (χ3v) is 9.27. The van der Waals surface area contributed by atoms with E-state index in [-0.39, 0.29) is 5.41 Å². The molecule has 2 heteroatoms. The fourth-order valence-corrected chi connectivity index (χ4v) is 6.72. The Morgan fingerprint density at radius 2 is 1.15 bits per heavy atom. The number of rotatable bonds is 23. The minimum atomic E-state index is -0.0218. The summed E-state index contributed by atoms with van der Waals surface area (Å²) in [5.41, 5.74) is 2.84. The van der Waals surface area contributed by atoms with E-state index >= 15 is 0 Å². The Hall–Kier alpha value is -2.35. The Balaban J connectivity index is 1.75. The fraction of sp³-hybridized carbons (Fsp3) is 0.615. The highest BCUT2D eigenvalue weighted by atomic mass is 15.1. The molecule has 0 aliphatic rings. The van der Waals surface area contributed by atoms with Crippen LogP contribution in [0.1, 0.15) is 153 Å². The zero-order valence-electron chi connectivity index (χ0n) is 26.8. The molecule has 2 nitrogen and oxygen atoms in total. The number of nitrogens with zero attached hydrogens (tertiary/aromatic N) is 2.